The fourth-order valence-corrected chi connectivity index (χ4v) is 2.08. The van der Waals surface area contributed by atoms with E-state index in [-0.39, 0.29) is 17.9 Å². The highest BCUT2D eigenvalue weighted by Crippen LogP contribution is 2.10. The van der Waals surface area contributed by atoms with Crippen molar-refractivity contribution in [2.75, 3.05) is 26.2 Å². The van der Waals surface area contributed by atoms with Gasteiger partial charge in [0.25, 0.3) is 0 Å². The van der Waals surface area contributed by atoms with Crippen molar-refractivity contribution in [3.8, 4) is 0 Å². The van der Waals surface area contributed by atoms with Crippen LogP contribution in [0.15, 0.2) is 0 Å². The first-order valence-corrected chi connectivity index (χ1v) is 5.56. The van der Waals surface area contributed by atoms with E-state index in [1.807, 2.05) is 4.90 Å². The first kappa shape index (κ1) is 10.4. The summed E-state index contributed by atoms with van der Waals surface area (Å²) < 4.78 is 0. The van der Waals surface area contributed by atoms with Crippen LogP contribution in [0.5, 0.6) is 0 Å². The SMILES string of the molecule is O=C1NCCN[C@@H]1CC(=O)N1CCCC1. The van der Waals surface area contributed by atoms with Crippen molar-refractivity contribution in [3.05, 3.63) is 0 Å². The molecular formula is C10H17N3O2. The van der Waals surface area contributed by atoms with Gasteiger partial charge in [0.1, 0.15) is 0 Å². The molecule has 2 rings (SSSR count). The molecule has 0 spiro atoms. The summed E-state index contributed by atoms with van der Waals surface area (Å²) >= 11 is 0. The number of rotatable bonds is 2. The Balaban J connectivity index is 1.84. The molecule has 84 valence electrons. The lowest BCUT2D eigenvalue weighted by Crippen LogP contribution is -2.54. The fraction of sp³-hybridized carbons (Fsp3) is 0.800. The van der Waals surface area contributed by atoms with Crippen LogP contribution in [0.2, 0.25) is 0 Å². The van der Waals surface area contributed by atoms with Crippen LogP contribution < -0.4 is 10.6 Å². The van der Waals surface area contributed by atoms with E-state index in [0.29, 0.717) is 13.0 Å². The van der Waals surface area contributed by atoms with E-state index in [2.05, 4.69) is 10.6 Å². The van der Waals surface area contributed by atoms with Crippen LogP contribution in [0, 0.1) is 0 Å². The molecule has 2 heterocycles. The normalized spacial score (nSPS) is 26.5. The third-order valence-electron chi connectivity index (χ3n) is 2.97. The molecule has 0 radical (unpaired) electrons. The summed E-state index contributed by atoms with van der Waals surface area (Å²) in [7, 11) is 0. The zero-order valence-corrected chi connectivity index (χ0v) is 8.79. The number of amides is 2. The second-order valence-electron chi connectivity index (χ2n) is 4.09. The molecule has 0 unspecified atom stereocenters. The first-order valence-electron chi connectivity index (χ1n) is 5.56. The minimum atomic E-state index is -0.327. The van der Waals surface area contributed by atoms with Crippen molar-refractivity contribution in [2.24, 2.45) is 0 Å². The van der Waals surface area contributed by atoms with Gasteiger partial charge in [-0.25, -0.2) is 0 Å². The second-order valence-corrected chi connectivity index (χ2v) is 4.09. The van der Waals surface area contributed by atoms with Gasteiger partial charge in [-0.3, -0.25) is 9.59 Å². The Hall–Kier alpha value is -1.10. The molecule has 5 heteroatoms. The first-order chi connectivity index (χ1) is 7.27. The van der Waals surface area contributed by atoms with Gasteiger partial charge in [-0.05, 0) is 12.8 Å². The summed E-state index contributed by atoms with van der Waals surface area (Å²) in [6.45, 7) is 3.12. The number of carbonyl (C=O) groups excluding carboxylic acids is 2. The Morgan fingerprint density at radius 2 is 2.07 bits per heavy atom. The van der Waals surface area contributed by atoms with Gasteiger partial charge in [0, 0.05) is 26.2 Å². The summed E-state index contributed by atoms with van der Waals surface area (Å²) in [6, 6.07) is -0.327. The van der Waals surface area contributed by atoms with Crippen LogP contribution in [0.1, 0.15) is 19.3 Å². The van der Waals surface area contributed by atoms with Gasteiger partial charge in [0.15, 0.2) is 0 Å². The molecule has 0 aromatic carbocycles. The molecule has 0 aromatic heterocycles. The van der Waals surface area contributed by atoms with Crippen molar-refractivity contribution in [1.29, 1.82) is 0 Å². The summed E-state index contributed by atoms with van der Waals surface area (Å²) in [5, 5.41) is 5.82. The van der Waals surface area contributed by atoms with Crippen LogP contribution in [0.25, 0.3) is 0 Å². The molecule has 0 aliphatic carbocycles. The Kier molecular flexibility index (Phi) is 3.20. The maximum atomic E-state index is 11.8. The highest BCUT2D eigenvalue weighted by molar-refractivity contribution is 5.88. The van der Waals surface area contributed by atoms with Gasteiger partial charge < -0.3 is 15.5 Å². The van der Waals surface area contributed by atoms with Crippen LogP contribution in [0.3, 0.4) is 0 Å². The van der Waals surface area contributed by atoms with E-state index < -0.39 is 0 Å². The van der Waals surface area contributed by atoms with Gasteiger partial charge in [-0.2, -0.15) is 0 Å². The number of likely N-dealkylation sites (tertiary alicyclic amines) is 1. The summed E-state index contributed by atoms with van der Waals surface area (Å²) in [4.78, 5) is 25.0. The second kappa shape index (κ2) is 4.61. The molecule has 2 aliphatic rings. The number of carbonyl (C=O) groups is 2. The Bertz CT molecular complexity index is 261. The highest BCUT2D eigenvalue weighted by atomic mass is 16.2. The van der Waals surface area contributed by atoms with Crippen molar-refractivity contribution >= 4 is 11.8 Å². The zero-order chi connectivity index (χ0) is 10.7. The van der Waals surface area contributed by atoms with Crippen LogP contribution in [-0.4, -0.2) is 48.9 Å². The van der Waals surface area contributed by atoms with Crippen LogP contribution >= 0.6 is 0 Å². The lowest BCUT2D eigenvalue weighted by molar-refractivity contribution is -0.134. The third-order valence-corrected chi connectivity index (χ3v) is 2.97. The van der Waals surface area contributed by atoms with Crippen LogP contribution in [-0.2, 0) is 9.59 Å². The molecule has 0 saturated carbocycles. The predicted molar refractivity (Wildman–Crippen MR) is 55.2 cm³/mol. The fourth-order valence-electron chi connectivity index (χ4n) is 2.08. The molecule has 0 aromatic rings. The number of hydrogen-bond donors (Lipinski definition) is 2. The van der Waals surface area contributed by atoms with E-state index in [1.54, 1.807) is 0 Å². The van der Waals surface area contributed by atoms with E-state index in [9.17, 15) is 9.59 Å². The smallest absolute Gasteiger partial charge is 0.237 e. The molecule has 2 aliphatic heterocycles. The molecule has 2 N–H and O–H groups in total. The van der Waals surface area contributed by atoms with E-state index >= 15 is 0 Å². The average Bonchev–Trinajstić information content (AvgIpc) is 2.74. The quantitative estimate of drug-likeness (QED) is 0.621. The molecule has 5 nitrogen and oxygen atoms in total. The monoisotopic (exact) mass is 211 g/mol. The van der Waals surface area contributed by atoms with Gasteiger partial charge in [0.2, 0.25) is 11.8 Å². The number of hydrogen-bond acceptors (Lipinski definition) is 3. The minimum absolute atomic E-state index is 0.0474. The summed E-state index contributed by atoms with van der Waals surface area (Å²) in [5.74, 6) is 0.0517. The number of piperazine rings is 1. The maximum Gasteiger partial charge on any atom is 0.237 e. The van der Waals surface area contributed by atoms with Gasteiger partial charge in [-0.15, -0.1) is 0 Å². The van der Waals surface area contributed by atoms with Crippen LogP contribution in [0.4, 0.5) is 0 Å². The number of nitrogens with one attached hydrogen (secondary N) is 2. The molecule has 2 fully saturated rings. The standard InChI is InChI=1S/C10H17N3O2/c14-9(13-5-1-2-6-13)7-8-10(15)12-4-3-11-8/h8,11H,1-7H2,(H,12,15)/t8-/m1/s1. The minimum Gasteiger partial charge on any atom is -0.353 e. The largest absolute Gasteiger partial charge is 0.353 e. The molecule has 1 atom stereocenters. The Morgan fingerprint density at radius 1 is 1.33 bits per heavy atom. The van der Waals surface area contributed by atoms with E-state index in [4.69, 9.17) is 0 Å². The molecule has 2 amide bonds. The van der Waals surface area contributed by atoms with E-state index in [1.165, 1.54) is 0 Å². The average molecular weight is 211 g/mol. The van der Waals surface area contributed by atoms with Crippen molar-refractivity contribution in [1.82, 2.24) is 15.5 Å². The molecular weight excluding hydrogens is 194 g/mol. The van der Waals surface area contributed by atoms with Gasteiger partial charge in [0.05, 0.1) is 12.5 Å². The molecule has 0 bridgehead atoms. The lowest BCUT2D eigenvalue weighted by Gasteiger charge is -2.25. The lowest BCUT2D eigenvalue weighted by atomic mass is 10.1. The Morgan fingerprint density at radius 3 is 2.73 bits per heavy atom. The molecule has 15 heavy (non-hydrogen) atoms. The van der Waals surface area contributed by atoms with Gasteiger partial charge in [-0.1, -0.05) is 0 Å². The topological polar surface area (TPSA) is 61.4 Å². The highest BCUT2D eigenvalue weighted by Gasteiger charge is 2.27. The molecule has 2 saturated heterocycles. The van der Waals surface area contributed by atoms with E-state index in [0.717, 1.165) is 32.5 Å². The van der Waals surface area contributed by atoms with Crippen molar-refractivity contribution < 1.29 is 9.59 Å². The van der Waals surface area contributed by atoms with Crippen molar-refractivity contribution in [3.63, 3.8) is 0 Å². The van der Waals surface area contributed by atoms with Gasteiger partial charge >= 0.3 is 0 Å². The third kappa shape index (κ3) is 2.47. The van der Waals surface area contributed by atoms with Crippen molar-refractivity contribution in [2.45, 2.75) is 25.3 Å². The summed E-state index contributed by atoms with van der Waals surface area (Å²) in [5.41, 5.74) is 0. The zero-order valence-electron chi connectivity index (χ0n) is 8.79. The number of nitrogens with zero attached hydrogens (tertiary/aromatic N) is 1. The maximum absolute atomic E-state index is 11.8. The predicted octanol–water partition coefficient (Wildman–Crippen LogP) is -0.913. The summed E-state index contributed by atoms with van der Waals surface area (Å²) in [6.07, 6.45) is 2.48. The Labute approximate surface area is 89.2 Å².